The SMILES string of the molecule is CC1CN(c2ccccc2C(=O)O)CCCO1. The highest BCUT2D eigenvalue weighted by Crippen LogP contribution is 2.22. The zero-order chi connectivity index (χ0) is 12.3. The third-order valence-electron chi connectivity index (χ3n) is 2.93. The summed E-state index contributed by atoms with van der Waals surface area (Å²) in [5.41, 5.74) is 1.15. The van der Waals surface area contributed by atoms with E-state index in [0.717, 1.165) is 31.8 Å². The van der Waals surface area contributed by atoms with E-state index in [2.05, 4.69) is 4.90 Å². The molecule has 0 aromatic heterocycles. The van der Waals surface area contributed by atoms with E-state index in [0.29, 0.717) is 5.56 Å². The van der Waals surface area contributed by atoms with Crippen LogP contribution in [0.4, 0.5) is 5.69 Å². The molecular formula is C13H17NO3. The monoisotopic (exact) mass is 235 g/mol. The van der Waals surface area contributed by atoms with Gasteiger partial charge in [-0.2, -0.15) is 0 Å². The van der Waals surface area contributed by atoms with Crippen molar-refractivity contribution in [1.29, 1.82) is 0 Å². The van der Waals surface area contributed by atoms with Crippen molar-refractivity contribution < 1.29 is 14.6 Å². The highest BCUT2D eigenvalue weighted by atomic mass is 16.5. The Morgan fingerprint density at radius 3 is 3.00 bits per heavy atom. The van der Waals surface area contributed by atoms with Crippen LogP contribution in [0.1, 0.15) is 23.7 Å². The molecule has 1 unspecified atom stereocenters. The van der Waals surface area contributed by atoms with Crippen molar-refractivity contribution >= 4 is 11.7 Å². The minimum Gasteiger partial charge on any atom is -0.478 e. The zero-order valence-corrected chi connectivity index (χ0v) is 9.93. The van der Waals surface area contributed by atoms with Gasteiger partial charge in [0.15, 0.2) is 0 Å². The summed E-state index contributed by atoms with van der Waals surface area (Å²) in [6.45, 7) is 4.34. The van der Waals surface area contributed by atoms with Crippen molar-refractivity contribution in [2.45, 2.75) is 19.4 Å². The zero-order valence-electron chi connectivity index (χ0n) is 9.93. The lowest BCUT2D eigenvalue weighted by atomic mass is 10.1. The van der Waals surface area contributed by atoms with Crippen molar-refractivity contribution in [3.05, 3.63) is 29.8 Å². The number of nitrogens with zero attached hydrogens (tertiary/aromatic N) is 1. The second kappa shape index (κ2) is 5.19. The van der Waals surface area contributed by atoms with Crippen LogP contribution in [-0.4, -0.2) is 36.9 Å². The first kappa shape index (κ1) is 11.9. The predicted octanol–water partition coefficient (Wildman–Crippen LogP) is 2.00. The van der Waals surface area contributed by atoms with E-state index in [-0.39, 0.29) is 6.10 Å². The number of anilines is 1. The summed E-state index contributed by atoms with van der Waals surface area (Å²) < 4.78 is 5.57. The number of aromatic carboxylic acids is 1. The maximum atomic E-state index is 11.2. The van der Waals surface area contributed by atoms with Gasteiger partial charge in [-0.3, -0.25) is 0 Å². The molecule has 0 amide bonds. The molecule has 0 bridgehead atoms. The van der Waals surface area contributed by atoms with Crippen LogP contribution >= 0.6 is 0 Å². The Morgan fingerprint density at radius 2 is 2.24 bits per heavy atom. The number of carbonyl (C=O) groups is 1. The molecule has 0 radical (unpaired) electrons. The van der Waals surface area contributed by atoms with Crippen LogP contribution in [0, 0.1) is 0 Å². The summed E-state index contributed by atoms with van der Waals surface area (Å²) in [4.78, 5) is 13.3. The molecule has 92 valence electrons. The molecule has 0 spiro atoms. The van der Waals surface area contributed by atoms with E-state index >= 15 is 0 Å². The number of hydrogen-bond acceptors (Lipinski definition) is 3. The molecule has 0 saturated carbocycles. The lowest BCUT2D eigenvalue weighted by Gasteiger charge is -2.25. The van der Waals surface area contributed by atoms with Gasteiger partial charge in [0.2, 0.25) is 0 Å². The van der Waals surface area contributed by atoms with Crippen LogP contribution in [0.25, 0.3) is 0 Å². The molecule has 1 atom stereocenters. The van der Waals surface area contributed by atoms with Gasteiger partial charge in [-0.1, -0.05) is 12.1 Å². The van der Waals surface area contributed by atoms with E-state index < -0.39 is 5.97 Å². The van der Waals surface area contributed by atoms with Crippen LogP contribution in [-0.2, 0) is 4.74 Å². The van der Waals surface area contributed by atoms with Crippen molar-refractivity contribution in [2.24, 2.45) is 0 Å². The number of carboxylic acids is 1. The Labute approximate surface area is 101 Å². The Balaban J connectivity index is 2.28. The molecule has 17 heavy (non-hydrogen) atoms. The quantitative estimate of drug-likeness (QED) is 0.851. The molecule has 1 aliphatic heterocycles. The molecule has 1 heterocycles. The molecule has 2 rings (SSSR count). The van der Waals surface area contributed by atoms with Crippen molar-refractivity contribution in [3.63, 3.8) is 0 Å². The van der Waals surface area contributed by atoms with Gasteiger partial charge < -0.3 is 14.7 Å². The molecule has 4 heteroatoms. The third-order valence-corrected chi connectivity index (χ3v) is 2.93. The van der Waals surface area contributed by atoms with Gasteiger partial charge in [0.1, 0.15) is 0 Å². The average Bonchev–Trinajstić information content (AvgIpc) is 2.54. The predicted molar refractivity (Wildman–Crippen MR) is 65.6 cm³/mol. The summed E-state index contributed by atoms with van der Waals surface area (Å²) in [6.07, 6.45) is 1.07. The summed E-state index contributed by atoms with van der Waals surface area (Å²) in [5.74, 6) is -0.876. The lowest BCUT2D eigenvalue weighted by molar-refractivity contribution is 0.0696. The summed E-state index contributed by atoms with van der Waals surface area (Å²) in [6, 6.07) is 7.14. The largest absolute Gasteiger partial charge is 0.478 e. The second-order valence-electron chi connectivity index (χ2n) is 4.30. The second-order valence-corrected chi connectivity index (χ2v) is 4.30. The fourth-order valence-electron chi connectivity index (χ4n) is 2.14. The molecule has 1 N–H and O–H groups in total. The van der Waals surface area contributed by atoms with Crippen LogP contribution in [0.3, 0.4) is 0 Å². The summed E-state index contributed by atoms with van der Waals surface area (Å²) >= 11 is 0. The topological polar surface area (TPSA) is 49.8 Å². The Bertz CT molecular complexity index is 405. The van der Waals surface area contributed by atoms with Gasteiger partial charge in [-0.15, -0.1) is 0 Å². The number of para-hydroxylation sites is 1. The van der Waals surface area contributed by atoms with Crippen LogP contribution < -0.4 is 4.90 Å². The van der Waals surface area contributed by atoms with Crippen LogP contribution in [0.2, 0.25) is 0 Å². The fraction of sp³-hybridized carbons (Fsp3) is 0.462. The molecule has 4 nitrogen and oxygen atoms in total. The lowest BCUT2D eigenvalue weighted by Crippen LogP contribution is -2.31. The van der Waals surface area contributed by atoms with Gasteiger partial charge in [0, 0.05) is 19.7 Å². The highest BCUT2D eigenvalue weighted by molar-refractivity contribution is 5.94. The van der Waals surface area contributed by atoms with E-state index in [1.807, 2.05) is 19.1 Å². The van der Waals surface area contributed by atoms with E-state index in [4.69, 9.17) is 4.74 Å². The average molecular weight is 235 g/mol. The first-order chi connectivity index (χ1) is 8.18. The minimum atomic E-state index is -0.876. The standard InChI is InChI=1S/C13H17NO3/c1-10-9-14(7-4-8-17-10)12-6-3-2-5-11(12)13(15)16/h2-3,5-6,10H,4,7-9H2,1H3,(H,15,16). The highest BCUT2D eigenvalue weighted by Gasteiger charge is 2.19. The molecule has 1 saturated heterocycles. The van der Waals surface area contributed by atoms with Crippen LogP contribution in [0.15, 0.2) is 24.3 Å². The first-order valence-corrected chi connectivity index (χ1v) is 5.87. The van der Waals surface area contributed by atoms with Gasteiger partial charge in [0.05, 0.1) is 17.4 Å². The van der Waals surface area contributed by atoms with E-state index in [1.165, 1.54) is 0 Å². The maximum absolute atomic E-state index is 11.2. The first-order valence-electron chi connectivity index (χ1n) is 5.87. The van der Waals surface area contributed by atoms with E-state index in [9.17, 15) is 9.90 Å². The molecule has 1 aliphatic rings. The number of benzene rings is 1. The molecule has 1 aromatic carbocycles. The van der Waals surface area contributed by atoms with Crippen molar-refractivity contribution in [1.82, 2.24) is 0 Å². The van der Waals surface area contributed by atoms with Gasteiger partial charge in [-0.25, -0.2) is 4.79 Å². The van der Waals surface area contributed by atoms with Crippen molar-refractivity contribution in [3.8, 4) is 0 Å². The third kappa shape index (κ3) is 2.77. The number of carboxylic acid groups (broad SMARTS) is 1. The molecule has 1 aromatic rings. The van der Waals surface area contributed by atoms with Gasteiger partial charge in [-0.05, 0) is 25.5 Å². The fourth-order valence-corrected chi connectivity index (χ4v) is 2.14. The normalized spacial score (nSPS) is 21.0. The Kier molecular flexibility index (Phi) is 3.64. The number of rotatable bonds is 2. The summed E-state index contributed by atoms with van der Waals surface area (Å²) in [7, 11) is 0. The smallest absolute Gasteiger partial charge is 0.337 e. The van der Waals surface area contributed by atoms with Gasteiger partial charge in [0.25, 0.3) is 0 Å². The maximum Gasteiger partial charge on any atom is 0.337 e. The number of hydrogen-bond donors (Lipinski definition) is 1. The summed E-state index contributed by atoms with van der Waals surface area (Å²) in [5, 5.41) is 9.17. The Hall–Kier alpha value is -1.55. The molecular weight excluding hydrogens is 218 g/mol. The van der Waals surface area contributed by atoms with Gasteiger partial charge >= 0.3 is 5.97 Å². The number of ether oxygens (including phenoxy) is 1. The van der Waals surface area contributed by atoms with Crippen molar-refractivity contribution in [2.75, 3.05) is 24.6 Å². The molecule has 0 aliphatic carbocycles. The molecule has 1 fully saturated rings. The van der Waals surface area contributed by atoms with E-state index in [1.54, 1.807) is 12.1 Å². The minimum absolute atomic E-state index is 0.138. The Morgan fingerprint density at radius 1 is 1.47 bits per heavy atom. The van der Waals surface area contributed by atoms with Crippen LogP contribution in [0.5, 0.6) is 0 Å².